The zero-order valence-corrected chi connectivity index (χ0v) is 20.5. The van der Waals surface area contributed by atoms with E-state index in [1.165, 1.54) is 11.3 Å². The number of aromatic amines is 1. The largest absolute Gasteiger partial charge is 0.507 e. The molecule has 1 aromatic carbocycles. The molecule has 1 aliphatic carbocycles. The van der Waals surface area contributed by atoms with Crippen LogP contribution in [0.3, 0.4) is 0 Å². The SMILES string of the molecule is CCOCCCNC(=O)c1c(NC(=O)c2cc(-c3ccc(C)c(C)c3O)n[nH]2)sc2c1CCC2. The van der Waals surface area contributed by atoms with E-state index in [1.54, 1.807) is 12.1 Å². The predicted molar refractivity (Wildman–Crippen MR) is 133 cm³/mol. The van der Waals surface area contributed by atoms with E-state index in [9.17, 15) is 14.7 Å². The highest BCUT2D eigenvalue weighted by atomic mass is 32.1. The molecule has 2 heterocycles. The summed E-state index contributed by atoms with van der Waals surface area (Å²) in [6.07, 6.45) is 3.50. The number of hydrogen-bond donors (Lipinski definition) is 4. The van der Waals surface area contributed by atoms with Gasteiger partial charge in [0.05, 0.1) is 11.3 Å². The van der Waals surface area contributed by atoms with E-state index in [0.717, 1.165) is 47.3 Å². The maximum atomic E-state index is 13.0. The Morgan fingerprint density at radius 2 is 2.06 bits per heavy atom. The number of carbonyl (C=O) groups excluding carboxylic acids is 2. The number of aromatic hydroxyl groups is 1. The first-order valence-corrected chi connectivity index (χ1v) is 12.4. The summed E-state index contributed by atoms with van der Waals surface area (Å²) in [5.74, 6) is -0.402. The summed E-state index contributed by atoms with van der Waals surface area (Å²) < 4.78 is 5.33. The van der Waals surface area contributed by atoms with Crippen LogP contribution in [-0.4, -0.2) is 46.9 Å². The Hall–Kier alpha value is -3.17. The number of nitrogens with zero attached hydrogens (tertiary/aromatic N) is 1. The number of hydrogen-bond acceptors (Lipinski definition) is 6. The number of carbonyl (C=O) groups is 2. The van der Waals surface area contributed by atoms with Gasteiger partial charge in [-0.05, 0) is 75.3 Å². The molecule has 3 aromatic rings. The molecule has 0 saturated heterocycles. The number of amides is 2. The summed E-state index contributed by atoms with van der Waals surface area (Å²) in [5.41, 5.74) is 4.64. The highest BCUT2D eigenvalue weighted by molar-refractivity contribution is 7.17. The fourth-order valence-corrected chi connectivity index (χ4v) is 5.38. The zero-order chi connectivity index (χ0) is 24.2. The fraction of sp³-hybridized carbons (Fsp3) is 0.400. The Labute approximate surface area is 202 Å². The van der Waals surface area contributed by atoms with Crippen LogP contribution < -0.4 is 10.6 Å². The maximum Gasteiger partial charge on any atom is 0.274 e. The third-order valence-corrected chi connectivity index (χ3v) is 7.34. The van der Waals surface area contributed by atoms with Crippen LogP contribution in [0.25, 0.3) is 11.3 Å². The molecule has 4 N–H and O–H groups in total. The lowest BCUT2D eigenvalue weighted by molar-refractivity contribution is 0.0944. The number of rotatable bonds is 9. The van der Waals surface area contributed by atoms with Gasteiger partial charge in [0.15, 0.2) is 0 Å². The van der Waals surface area contributed by atoms with Crippen LogP contribution >= 0.6 is 11.3 Å². The van der Waals surface area contributed by atoms with Gasteiger partial charge in [-0.25, -0.2) is 0 Å². The van der Waals surface area contributed by atoms with Crippen LogP contribution in [0.1, 0.15) is 62.2 Å². The van der Waals surface area contributed by atoms with Crippen molar-refractivity contribution in [3.63, 3.8) is 0 Å². The lowest BCUT2D eigenvalue weighted by atomic mass is 10.0. The first-order chi connectivity index (χ1) is 16.4. The van der Waals surface area contributed by atoms with Gasteiger partial charge in [-0.15, -0.1) is 11.3 Å². The molecule has 1 aliphatic rings. The third kappa shape index (κ3) is 4.85. The van der Waals surface area contributed by atoms with Crippen LogP contribution in [0.4, 0.5) is 5.00 Å². The number of fused-ring (bicyclic) bond motifs is 1. The number of nitrogens with one attached hydrogen (secondary N) is 3. The standard InChI is InChI=1S/C25H30N4O4S/c1-4-33-12-6-11-26-24(32)21-17-7-5-8-20(17)34-25(21)27-23(31)19-13-18(28-29-19)16-10-9-14(2)15(3)22(16)30/h9-10,13,30H,4-8,11-12H2,1-3H3,(H,26,32)(H,27,31)(H,28,29). The minimum absolute atomic E-state index is 0.149. The molecule has 34 heavy (non-hydrogen) atoms. The van der Waals surface area contributed by atoms with Crippen molar-refractivity contribution in [2.24, 2.45) is 0 Å². The lowest BCUT2D eigenvalue weighted by Crippen LogP contribution is -2.27. The van der Waals surface area contributed by atoms with Crippen molar-refractivity contribution in [3.05, 3.63) is 51.0 Å². The number of phenols is 1. The monoisotopic (exact) mass is 482 g/mol. The normalized spacial score (nSPS) is 12.6. The molecule has 0 radical (unpaired) electrons. The average Bonchev–Trinajstić information content (AvgIpc) is 3.54. The molecule has 4 rings (SSSR count). The highest BCUT2D eigenvalue weighted by Gasteiger charge is 2.28. The molecule has 2 amide bonds. The third-order valence-electron chi connectivity index (χ3n) is 6.13. The van der Waals surface area contributed by atoms with Crippen LogP contribution in [0.5, 0.6) is 5.75 Å². The van der Waals surface area contributed by atoms with E-state index in [1.807, 2.05) is 26.8 Å². The van der Waals surface area contributed by atoms with Crippen molar-refractivity contribution in [2.75, 3.05) is 25.1 Å². The van der Waals surface area contributed by atoms with Gasteiger partial charge in [-0.1, -0.05) is 6.07 Å². The summed E-state index contributed by atoms with van der Waals surface area (Å²) >= 11 is 1.46. The van der Waals surface area contributed by atoms with Crippen molar-refractivity contribution < 1.29 is 19.4 Å². The number of aryl methyl sites for hydroxylation is 2. The predicted octanol–water partition coefficient (Wildman–Crippen LogP) is 4.36. The topological polar surface area (TPSA) is 116 Å². The fourth-order valence-electron chi connectivity index (χ4n) is 4.10. The average molecular weight is 483 g/mol. The second kappa shape index (κ2) is 10.4. The van der Waals surface area contributed by atoms with Crippen molar-refractivity contribution in [3.8, 4) is 17.0 Å². The Morgan fingerprint density at radius 3 is 2.85 bits per heavy atom. The molecule has 0 saturated carbocycles. The molecule has 0 spiro atoms. The number of ether oxygens (including phenoxy) is 1. The second-order valence-electron chi connectivity index (χ2n) is 8.39. The van der Waals surface area contributed by atoms with Gasteiger partial charge in [0, 0.05) is 30.2 Å². The van der Waals surface area contributed by atoms with Crippen LogP contribution in [0.2, 0.25) is 0 Å². The van der Waals surface area contributed by atoms with Crippen LogP contribution in [-0.2, 0) is 17.6 Å². The van der Waals surface area contributed by atoms with E-state index >= 15 is 0 Å². The quantitative estimate of drug-likeness (QED) is 0.338. The molecule has 0 fully saturated rings. The summed E-state index contributed by atoms with van der Waals surface area (Å²) in [7, 11) is 0. The van der Waals surface area contributed by atoms with Crippen LogP contribution in [0.15, 0.2) is 18.2 Å². The highest BCUT2D eigenvalue weighted by Crippen LogP contribution is 2.39. The van der Waals surface area contributed by atoms with Gasteiger partial charge in [-0.2, -0.15) is 5.10 Å². The van der Waals surface area contributed by atoms with Crippen molar-refractivity contribution in [1.29, 1.82) is 0 Å². The summed E-state index contributed by atoms with van der Waals surface area (Å²) in [5, 5.41) is 23.9. The van der Waals surface area contributed by atoms with Gasteiger partial charge >= 0.3 is 0 Å². The summed E-state index contributed by atoms with van der Waals surface area (Å²) in [6.45, 7) is 7.47. The van der Waals surface area contributed by atoms with Gasteiger partial charge in [-0.3, -0.25) is 14.7 Å². The Morgan fingerprint density at radius 1 is 1.24 bits per heavy atom. The molecule has 0 bridgehead atoms. The number of phenolic OH excluding ortho intramolecular Hbond substituents is 1. The van der Waals surface area contributed by atoms with E-state index in [0.29, 0.717) is 41.6 Å². The number of benzene rings is 1. The van der Waals surface area contributed by atoms with Crippen LogP contribution in [0, 0.1) is 13.8 Å². The van der Waals surface area contributed by atoms with Crippen molar-refractivity contribution >= 4 is 28.2 Å². The minimum Gasteiger partial charge on any atom is -0.507 e. The Bertz CT molecular complexity index is 1210. The summed E-state index contributed by atoms with van der Waals surface area (Å²) in [6, 6.07) is 5.30. The second-order valence-corrected chi connectivity index (χ2v) is 9.50. The molecule has 180 valence electrons. The van der Waals surface area contributed by atoms with Gasteiger partial charge in [0.1, 0.15) is 16.4 Å². The van der Waals surface area contributed by atoms with E-state index < -0.39 is 0 Å². The lowest BCUT2D eigenvalue weighted by Gasteiger charge is -2.09. The van der Waals surface area contributed by atoms with E-state index in [2.05, 4.69) is 20.8 Å². The van der Waals surface area contributed by atoms with Crippen molar-refractivity contribution in [1.82, 2.24) is 15.5 Å². The molecular weight excluding hydrogens is 452 g/mol. The molecule has 2 aromatic heterocycles. The molecule has 9 heteroatoms. The number of anilines is 1. The van der Waals surface area contributed by atoms with E-state index in [-0.39, 0.29) is 23.3 Å². The number of aromatic nitrogens is 2. The molecule has 0 unspecified atom stereocenters. The first kappa shape index (κ1) is 24.0. The molecular formula is C25H30N4O4S. The molecule has 0 atom stereocenters. The zero-order valence-electron chi connectivity index (χ0n) is 19.7. The number of thiophene rings is 1. The first-order valence-electron chi connectivity index (χ1n) is 11.6. The Balaban J connectivity index is 1.51. The summed E-state index contributed by atoms with van der Waals surface area (Å²) in [4.78, 5) is 27.1. The van der Waals surface area contributed by atoms with E-state index in [4.69, 9.17) is 4.74 Å². The Kier molecular flexibility index (Phi) is 7.33. The van der Waals surface area contributed by atoms with Crippen molar-refractivity contribution in [2.45, 2.75) is 46.5 Å². The smallest absolute Gasteiger partial charge is 0.274 e. The van der Waals surface area contributed by atoms with Gasteiger partial charge in [0.25, 0.3) is 11.8 Å². The maximum absolute atomic E-state index is 13.0. The van der Waals surface area contributed by atoms with Gasteiger partial charge < -0.3 is 20.5 Å². The van der Waals surface area contributed by atoms with Gasteiger partial charge in [0.2, 0.25) is 0 Å². The molecule has 0 aliphatic heterocycles. The minimum atomic E-state index is -0.382. The number of H-pyrrole nitrogens is 1. The molecule has 8 nitrogen and oxygen atoms in total.